The van der Waals surface area contributed by atoms with Gasteiger partial charge in [-0.1, -0.05) is 56.7 Å². The van der Waals surface area contributed by atoms with E-state index in [2.05, 4.69) is 29.7 Å². The van der Waals surface area contributed by atoms with Crippen molar-refractivity contribution in [3.8, 4) is 0 Å². The van der Waals surface area contributed by atoms with Crippen molar-refractivity contribution in [3.63, 3.8) is 0 Å². The van der Waals surface area contributed by atoms with E-state index < -0.39 is 11.7 Å². The van der Waals surface area contributed by atoms with Gasteiger partial charge < -0.3 is 15.4 Å². The van der Waals surface area contributed by atoms with Crippen molar-refractivity contribution in [3.05, 3.63) is 70.8 Å². The van der Waals surface area contributed by atoms with Gasteiger partial charge in [0, 0.05) is 6.42 Å². The van der Waals surface area contributed by atoms with Crippen LogP contribution < -0.4 is 10.6 Å². The average molecular weight is 533 g/mol. The molecule has 3 unspecified atom stereocenters. The van der Waals surface area contributed by atoms with Crippen LogP contribution in [0.1, 0.15) is 92.9 Å². The number of aldehydes is 1. The fourth-order valence-electron chi connectivity index (χ4n) is 5.73. The zero-order valence-electron chi connectivity index (χ0n) is 23.6. The van der Waals surface area contributed by atoms with Crippen LogP contribution in [0.4, 0.5) is 13.2 Å². The smallest absolute Gasteiger partial charge is 0.319 e. The van der Waals surface area contributed by atoms with Gasteiger partial charge in [0.25, 0.3) is 0 Å². The number of carbonyl (C=O) groups excluding carboxylic acids is 1. The van der Waals surface area contributed by atoms with E-state index >= 15 is 0 Å². The summed E-state index contributed by atoms with van der Waals surface area (Å²) in [5, 5.41) is 6.54. The summed E-state index contributed by atoms with van der Waals surface area (Å²) in [4.78, 5) is 9.17. The molecule has 1 heterocycles. The predicted molar refractivity (Wildman–Crippen MR) is 152 cm³/mol. The molecule has 1 saturated heterocycles. The van der Waals surface area contributed by atoms with Crippen LogP contribution in [-0.2, 0) is 11.0 Å². The number of rotatable bonds is 6. The lowest BCUT2D eigenvalue weighted by Crippen LogP contribution is -2.32. The molecule has 1 aliphatic carbocycles. The predicted octanol–water partition coefficient (Wildman–Crippen LogP) is 7.89. The molecule has 2 aliphatic rings. The first kappa shape index (κ1) is 32.0. The Balaban J connectivity index is 0.000000426. The van der Waals surface area contributed by atoms with Crippen LogP contribution in [0.25, 0.3) is 0 Å². The van der Waals surface area contributed by atoms with Crippen molar-refractivity contribution < 1.29 is 18.0 Å². The molecular weight excluding hydrogens is 485 g/mol. The highest BCUT2D eigenvalue weighted by molar-refractivity contribution is 5.48. The number of piperidine rings is 1. The summed E-state index contributed by atoms with van der Waals surface area (Å²) in [6, 6.07) is 14.6. The first-order chi connectivity index (χ1) is 18.2. The molecule has 1 saturated carbocycles. The Bertz CT molecular complexity index is 917. The number of hydrogen-bond donors (Lipinski definition) is 2. The molecule has 2 fully saturated rings. The molecule has 0 bridgehead atoms. The summed E-state index contributed by atoms with van der Waals surface area (Å²) >= 11 is 0. The maximum atomic E-state index is 13.4. The summed E-state index contributed by atoms with van der Waals surface area (Å²) in [7, 11) is 1.95. The second kappa shape index (κ2) is 16.7. The van der Waals surface area contributed by atoms with Crippen LogP contribution in [0.5, 0.6) is 0 Å². The molecule has 2 N–H and O–H groups in total. The summed E-state index contributed by atoms with van der Waals surface area (Å²) < 4.78 is 40.1. The zero-order valence-corrected chi connectivity index (χ0v) is 23.6. The van der Waals surface area contributed by atoms with Gasteiger partial charge in [-0.15, -0.1) is 0 Å². The van der Waals surface area contributed by atoms with Gasteiger partial charge >= 0.3 is 6.18 Å². The van der Waals surface area contributed by atoms with Crippen molar-refractivity contribution in [2.24, 2.45) is 11.8 Å². The van der Waals surface area contributed by atoms with E-state index in [9.17, 15) is 18.0 Å². The van der Waals surface area contributed by atoms with E-state index in [0.29, 0.717) is 24.2 Å². The minimum Gasteiger partial charge on any atom is -0.319 e. The Labute approximate surface area is 228 Å². The van der Waals surface area contributed by atoms with Crippen LogP contribution in [0.2, 0.25) is 0 Å². The van der Waals surface area contributed by atoms with Gasteiger partial charge in [-0.25, -0.2) is 0 Å². The molecule has 3 nitrogen and oxygen atoms in total. The van der Waals surface area contributed by atoms with E-state index in [1.165, 1.54) is 50.0 Å². The number of aryl methyl sites for hydroxylation is 1. The third kappa shape index (κ3) is 10.2. The van der Waals surface area contributed by atoms with E-state index in [4.69, 9.17) is 0 Å². The molecule has 0 spiro atoms. The van der Waals surface area contributed by atoms with E-state index in [0.717, 1.165) is 43.2 Å². The minimum atomic E-state index is -4.30. The van der Waals surface area contributed by atoms with Crippen LogP contribution >= 0.6 is 0 Å². The van der Waals surface area contributed by atoms with Crippen molar-refractivity contribution in [2.75, 3.05) is 26.7 Å². The van der Waals surface area contributed by atoms with Gasteiger partial charge in [0.15, 0.2) is 0 Å². The van der Waals surface area contributed by atoms with Crippen molar-refractivity contribution in [1.82, 2.24) is 10.6 Å². The first-order valence-corrected chi connectivity index (χ1v) is 14.2. The van der Waals surface area contributed by atoms with Crippen molar-refractivity contribution in [1.29, 1.82) is 0 Å². The highest BCUT2D eigenvalue weighted by Crippen LogP contribution is 2.48. The zero-order chi connectivity index (χ0) is 28.0. The van der Waals surface area contributed by atoms with Crippen LogP contribution in [0.15, 0.2) is 48.5 Å². The number of halogens is 3. The fourth-order valence-corrected chi connectivity index (χ4v) is 5.73. The van der Waals surface area contributed by atoms with E-state index in [1.807, 2.05) is 39.1 Å². The lowest BCUT2D eigenvalue weighted by atomic mass is 9.65. The largest absolute Gasteiger partial charge is 0.416 e. The SMILES string of the molecule is C1CCNCC1.CCC=O.CNCC1CCC([C@@H](C)c2ccccc2)C(c2cc(C(F)(F)F)ccc2C)C1. The molecule has 0 amide bonds. The molecule has 212 valence electrons. The van der Waals surface area contributed by atoms with Gasteiger partial charge in [0.1, 0.15) is 6.29 Å². The number of carbonyl (C=O) groups is 1. The maximum Gasteiger partial charge on any atom is 0.416 e. The number of hydrogen-bond acceptors (Lipinski definition) is 3. The Morgan fingerprint density at radius 3 is 2.21 bits per heavy atom. The Hall–Kier alpha value is -2.18. The molecular formula is C32H47F3N2O. The van der Waals surface area contributed by atoms with Gasteiger partial charge in [-0.3, -0.25) is 0 Å². The second-order valence-corrected chi connectivity index (χ2v) is 10.7. The number of alkyl halides is 3. The third-order valence-corrected chi connectivity index (χ3v) is 7.85. The molecule has 38 heavy (non-hydrogen) atoms. The summed E-state index contributed by atoms with van der Waals surface area (Å²) in [5.74, 6) is 1.31. The molecule has 2 aromatic carbocycles. The highest BCUT2D eigenvalue weighted by atomic mass is 19.4. The second-order valence-electron chi connectivity index (χ2n) is 10.7. The Morgan fingerprint density at radius 1 is 1.05 bits per heavy atom. The molecule has 1 aliphatic heterocycles. The molecule has 0 aromatic heterocycles. The monoisotopic (exact) mass is 532 g/mol. The fraction of sp³-hybridized carbons (Fsp3) is 0.594. The van der Waals surface area contributed by atoms with Crippen molar-refractivity contribution >= 4 is 6.29 Å². The minimum absolute atomic E-state index is 0.143. The van der Waals surface area contributed by atoms with Gasteiger partial charge in [0.2, 0.25) is 0 Å². The van der Waals surface area contributed by atoms with Gasteiger partial charge in [-0.2, -0.15) is 13.2 Å². The van der Waals surface area contributed by atoms with E-state index in [-0.39, 0.29) is 5.92 Å². The maximum absolute atomic E-state index is 13.4. The summed E-state index contributed by atoms with van der Waals surface area (Å²) in [5.41, 5.74) is 2.58. The standard InChI is InChI=1S/C24H30F3N.C5H11N.C3H6O/c1-16-9-11-20(24(25,26)27)14-22(16)23-13-18(15-28-3)10-12-21(23)17(2)19-7-5-4-6-8-19;1-2-4-6-5-3-1;1-2-3-4/h4-9,11,14,17-18,21,23,28H,10,12-13,15H2,1-3H3;6H,1-5H2;3H,2H2,1H3/t17-,18?,21?,23?;;/m0../s1. The quantitative estimate of drug-likeness (QED) is 0.372. The van der Waals surface area contributed by atoms with Gasteiger partial charge in [-0.05, 0) is 118 Å². The molecule has 4 atom stereocenters. The lowest BCUT2D eigenvalue weighted by Gasteiger charge is -2.40. The van der Waals surface area contributed by atoms with Crippen molar-refractivity contribution in [2.45, 2.75) is 83.7 Å². The molecule has 4 rings (SSSR count). The number of benzene rings is 2. The van der Waals surface area contributed by atoms with Gasteiger partial charge in [0.05, 0.1) is 5.56 Å². The Kier molecular flexibility index (Phi) is 14.1. The van der Waals surface area contributed by atoms with Crippen LogP contribution in [0, 0.1) is 18.8 Å². The number of nitrogens with one attached hydrogen (secondary N) is 2. The normalized spacial score (nSPS) is 22.2. The first-order valence-electron chi connectivity index (χ1n) is 14.2. The highest BCUT2D eigenvalue weighted by Gasteiger charge is 2.37. The molecule has 0 radical (unpaired) electrons. The van der Waals surface area contributed by atoms with E-state index in [1.54, 1.807) is 6.07 Å². The summed E-state index contributed by atoms with van der Waals surface area (Å²) in [6.45, 7) is 9.41. The summed E-state index contributed by atoms with van der Waals surface area (Å²) in [6.07, 6.45) is 4.53. The third-order valence-electron chi connectivity index (χ3n) is 7.85. The van der Waals surface area contributed by atoms with Crippen LogP contribution in [0.3, 0.4) is 0 Å². The molecule has 6 heteroatoms. The Morgan fingerprint density at radius 2 is 1.71 bits per heavy atom. The van der Waals surface area contributed by atoms with Crippen LogP contribution in [-0.4, -0.2) is 33.0 Å². The average Bonchev–Trinajstić information content (AvgIpc) is 2.94. The topological polar surface area (TPSA) is 41.1 Å². The lowest BCUT2D eigenvalue weighted by molar-refractivity contribution is -0.137. The molecule has 2 aromatic rings.